The first-order valence-electron chi connectivity index (χ1n) is 10.3. The Labute approximate surface area is 179 Å². The van der Waals surface area contributed by atoms with E-state index >= 15 is 0 Å². The number of carbonyl (C=O) groups is 2. The van der Waals surface area contributed by atoms with Crippen LogP contribution in [0, 0.1) is 0 Å². The molecule has 3 heterocycles. The Morgan fingerprint density at radius 3 is 2.77 bits per heavy atom. The first-order chi connectivity index (χ1) is 15.0. The number of methoxy groups -OCH3 is 2. The van der Waals surface area contributed by atoms with E-state index in [1.165, 1.54) is 14.2 Å². The standard InChI is InChI=1S/C23H24N2O6/c1-29-20(27)10-9-19-23-22(11-12-25(19)21(28)30-2,15-5-3-4-6-17(15)24-23)16-13-14(26)7-8-18(16)31-23/h3-8,13,19,24,26H,9-12H2,1-2H3/t19-,22+,23-/m1/s1. The lowest BCUT2D eigenvalue weighted by atomic mass is 9.63. The van der Waals surface area contributed by atoms with E-state index in [1.54, 1.807) is 23.1 Å². The third-order valence-electron chi connectivity index (χ3n) is 6.87. The van der Waals surface area contributed by atoms with Crippen LogP contribution in [0.1, 0.15) is 30.4 Å². The number of fused-ring (bicyclic) bond motifs is 2. The molecule has 3 atom stereocenters. The molecule has 3 aliphatic heterocycles. The maximum Gasteiger partial charge on any atom is 0.409 e. The number of rotatable bonds is 3. The Morgan fingerprint density at radius 2 is 2.00 bits per heavy atom. The number of esters is 1. The molecule has 31 heavy (non-hydrogen) atoms. The summed E-state index contributed by atoms with van der Waals surface area (Å²) < 4.78 is 16.5. The molecule has 8 heteroatoms. The molecule has 0 saturated carbocycles. The number of nitrogens with one attached hydrogen (secondary N) is 1. The van der Waals surface area contributed by atoms with Crippen LogP contribution in [-0.4, -0.2) is 54.6 Å². The largest absolute Gasteiger partial charge is 0.508 e. The van der Waals surface area contributed by atoms with Crippen molar-refractivity contribution in [3.8, 4) is 11.5 Å². The molecular weight excluding hydrogens is 400 g/mol. The zero-order valence-electron chi connectivity index (χ0n) is 17.4. The lowest BCUT2D eigenvalue weighted by Gasteiger charge is -2.52. The van der Waals surface area contributed by atoms with Gasteiger partial charge in [0.2, 0.25) is 5.72 Å². The van der Waals surface area contributed by atoms with Crippen LogP contribution in [0.5, 0.6) is 11.5 Å². The van der Waals surface area contributed by atoms with Crippen LogP contribution in [0.4, 0.5) is 10.5 Å². The van der Waals surface area contributed by atoms with E-state index in [9.17, 15) is 14.7 Å². The summed E-state index contributed by atoms with van der Waals surface area (Å²) in [5.41, 5.74) is 1.15. The molecule has 0 bridgehead atoms. The number of para-hydroxylation sites is 1. The molecule has 0 aliphatic carbocycles. The monoisotopic (exact) mass is 424 g/mol. The highest BCUT2D eigenvalue weighted by molar-refractivity contribution is 5.77. The lowest BCUT2D eigenvalue weighted by molar-refractivity contribution is -0.141. The number of piperidine rings is 1. The van der Waals surface area contributed by atoms with Gasteiger partial charge in [-0.2, -0.15) is 0 Å². The normalized spacial score (nSPS) is 27.2. The number of phenols is 1. The third kappa shape index (κ3) is 2.47. The van der Waals surface area contributed by atoms with E-state index in [-0.39, 0.29) is 18.1 Å². The minimum absolute atomic E-state index is 0.121. The average molecular weight is 424 g/mol. The van der Waals surface area contributed by atoms with E-state index in [2.05, 4.69) is 11.4 Å². The van der Waals surface area contributed by atoms with Gasteiger partial charge in [-0.25, -0.2) is 4.79 Å². The predicted molar refractivity (Wildman–Crippen MR) is 111 cm³/mol. The van der Waals surface area contributed by atoms with E-state index < -0.39 is 23.3 Å². The van der Waals surface area contributed by atoms with Gasteiger partial charge in [0, 0.05) is 24.2 Å². The number of aromatic hydroxyl groups is 1. The summed E-state index contributed by atoms with van der Waals surface area (Å²) in [7, 11) is 2.69. The summed E-state index contributed by atoms with van der Waals surface area (Å²) in [6.07, 6.45) is 0.537. The van der Waals surface area contributed by atoms with Crippen molar-refractivity contribution in [1.29, 1.82) is 0 Å². The van der Waals surface area contributed by atoms with Gasteiger partial charge in [0.15, 0.2) is 0 Å². The minimum Gasteiger partial charge on any atom is -0.508 e. The zero-order chi connectivity index (χ0) is 21.8. The first-order valence-corrected chi connectivity index (χ1v) is 10.3. The van der Waals surface area contributed by atoms with Crippen LogP contribution in [0.3, 0.4) is 0 Å². The Morgan fingerprint density at radius 1 is 1.19 bits per heavy atom. The van der Waals surface area contributed by atoms with Gasteiger partial charge in [-0.1, -0.05) is 18.2 Å². The van der Waals surface area contributed by atoms with Gasteiger partial charge in [-0.3, -0.25) is 9.69 Å². The molecular formula is C23H24N2O6. The summed E-state index contributed by atoms with van der Waals surface area (Å²) >= 11 is 0. The Balaban J connectivity index is 1.71. The molecule has 1 amide bonds. The molecule has 2 aromatic carbocycles. The molecule has 5 rings (SSSR count). The number of likely N-dealkylation sites (tertiary alicyclic amines) is 1. The van der Waals surface area contributed by atoms with E-state index in [1.807, 2.05) is 18.2 Å². The van der Waals surface area contributed by atoms with Crippen LogP contribution in [-0.2, 0) is 19.7 Å². The van der Waals surface area contributed by atoms with Crippen LogP contribution in [0.2, 0.25) is 0 Å². The van der Waals surface area contributed by atoms with Crippen molar-refractivity contribution >= 4 is 17.7 Å². The van der Waals surface area contributed by atoms with Gasteiger partial charge in [-0.15, -0.1) is 0 Å². The molecule has 1 fully saturated rings. The van der Waals surface area contributed by atoms with Crippen molar-refractivity contribution in [3.63, 3.8) is 0 Å². The second kappa shape index (κ2) is 6.80. The molecule has 0 aromatic heterocycles. The number of ether oxygens (including phenoxy) is 3. The SMILES string of the molecule is COC(=O)CC[C@H]1N(C(=O)OC)CC[C@@]23c4ccccc4N[C@@]12Oc1ccc(O)cc13. The zero-order valence-corrected chi connectivity index (χ0v) is 17.4. The fraction of sp³-hybridized carbons (Fsp3) is 0.391. The van der Waals surface area contributed by atoms with Crippen LogP contribution in [0.15, 0.2) is 42.5 Å². The molecule has 3 aliphatic rings. The van der Waals surface area contributed by atoms with Crippen molar-refractivity contribution in [2.24, 2.45) is 0 Å². The second-order valence-corrected chi connectivity index (χ2v) is 8.14. The van der Waals surface area contributed by atoms with Crippen LogP contribution < -0.4 is 10.1 Å². The van der Waals surface area contributed by atoms with Gasteiger partial charge in [-0.05, 0) is 42.7 Å². The molecule has 162 valence electrons. The Bertz CT molecular complexity index is 1070. The van der Waals surface area contributed by atoms with Crippen molar-refractivity contribution in [3.05, 3.63) is 53.6 Å². The summed E-state index contributed by atoms with van der Waals surface area (Å²) in [5.74, 6) is 0.439. The fourth-order valence-corrected chi connectivity index (χ4v) is 5.65. The molecule has 8 nitrogen and oxygen atoms in total. The highest BCUT2D eigenvalue weighted by Crippen LogP contribution is 2.64. The van der Waals surface area contributed by atoms with E-state index in [0.29, 0.717) is 25.1 Å². The smallest absolute Gasteiger partial charge is 0.409 e. The highest BCUT2D eigenvalue weighted by Gasteiger charge is 2.72. The van der Waals surface area contributed by atoms with Crippen molar-refractivity contribution < 1.29 is 28.9 Å². The molecule has 0 unspecified atom stereocenters. The number of benzene rings is 2. The van der Waals surface area contributed by atoms with Crippen LogP contribution >= 0.6 is 0 Å². The number of hydrogen-bond acceptors (Lipinski definition) is 7. The maximum atomic E-state index is 12.7. The number of anilines is 1. The third-order valence-corrected chi connectivity index (χ3v) is 6.87. The molecule has 0 radical (unpaired) electrons. The number of carbonyl (C=O) groups excluding carboxylic acids is 2. The Kier molecular flexibility index (Phi) is 4.28. The summed E-state index contributed by atoms with van der Waals surface area (Å²) in [6, 6.07) is 12.5. The summed E-state index contributed by atoms with van der Waals surface area (Å²) in [5, 5.41) is 13.8. The first kappa shape index (κ1) is 19.5. The predicted octanol–water partition coefficient (Wildman–Crippen LogP) is 2.99. The number of nitrogens with zero attached hydrogens (tertiary/aromatic N) is 1. The Hall–Kier alpha value is -3.42. The van der Waals surface area contributed by atoms with Crippen molar-refractivity contribution in [2.75, 3.05) is 26.1 Å². The minimum atomic E-state index is -1.05. The summed E-state index contributed by atoms with van der Waals surface area (Å²) in [6.45, 7) is 0.411. The average Bonchev–Trinajstić information content (AvgIpc) is 3.23. The van der Waals surface area contributed by atoms with Crippen molar-refractivity contribution in [1.82, 2.24) is 4.90 Å². The molecule has 0 spiro atoms. The molecule has 1 saturated heterocycles. The number of hydrogen-bond donors (Lipinski definition) is 2. The number of phenolic OH excluding ortho intramolecular Hbond substituents is 1. The van der Waals surface area contributed by atoms with Gasteiger partial charge >= 0.3 is 12.1 Å². The topological polar surface area (TPSA) is 97.3 Å². The van der Waals surface area contributed by atoms with E-state index in [0.717, 1.165) is 16.8 Å². The van der Waals surface area contributed by atoms with Gasteiger partial charge < -0.3 is 24.6 Å². The summed E-state index contributed by atoms with van der Waals surface area (Å²) in [4.78, 5) is 26.4. The molecule has 2 N–H and O–H groups in total. The maximum absolute atomic E-state index is 12.7. The fourth-order valence-electron chi connectivity index (χ4n) is 5.65. The molecule has 2 aromatic rings. The lowest BCUT2D eigenvalue weighted by Crippen LogP contribution is -2.71. The van der Waals surface area contributed by atoms with Crippen molar-refractivity contribution in [2.45, 2.75) is 36.4 Å². The quantitative estimate of drug-likeness (QED) is 0.731. The second-order valence-electron chi connectivity index (χ2n) is 8.14. The van der Waals surface area contributed by atoms with Gasteiger partial charge in [0.1, 0.15) is 11.5 Å². The number of amides is 1. The highest BCUT2D eigenvalue weighted by atomic mass is 16.6. The van der Waals surface area contributed by atoms with Gasteiger partial charge in [0.05, 0.1) is 25.7 Å². The van der Waals surface area contributed by atoms with Gasteiger partial charge in [0.25, 0.3) is 0 Å². The van der Waals surface area contributed by atoms with Crippen LogP contribution in [0.25, 0.3) is 0 Å². The van der Waals surface area contributed by atoms with E-state index in [4.69, 9.17) is 14.2 Å².